The predicted octanol–water partition coefficient (Wildman–Crippen LogP) is 3.50. The van der Waals surface area contributed by atoms with Crippen LogP contribution in [0.25, 0.3) is 33.4 Å². The lowest BCUT2D eigenvalue weighted by atomic mass is 10.1. The Morgan fingerprint density at radius 3 is 2.59 bits per heavy atom. The van der Waals surface area contributed by atoms with E-state index in [4.69, 9.17) is 9.40 Å². The second-order valence-electron chi connectivity index (χ2n) is 7.13. The molecule has 1 saturated heterocycles. The molecule has 3 aromatic heterocycles. The number of pyridine rings is 2. The van der Waals surface area contributed by atoms with Gasteiger partial charge in [0.05, 0.1) is 28.6 Å². The van der Waals surface area contributed by atoms with Gasteiger partial charge in [0.2, 0.25) is 0 Å². The first-order valence-corrected chi connectivity index (χ1v) is 9.23. The summed E-state index contributed by atoms with van der Waals surface area (Å²) in [6.45, 7) is 6.04. The van der Waals surface area contributed by atoms with Crippen LogP contribution in [0.1, 0.15) is 5.89 Å². The van der Waals surface area contributed by atoms with Crippen molar-refractivity contribution >= 4 is 27.8 Å². The third-order valence-electron chi connectivity index (χ3n) is 5.18. The molecular formula is C21H21N5O. The second kappa shape index (κ2) is 6.32. The Hall–Kier alpha value is -2.99. The molecule has 0 saturated carbocycles. The molecule has 0 amide bonds. The topological polar surface area (TPSA) is 58.3 Å². The quantitative estimate of drug-likeness (QED) is 0.546. The number of likely N-dealkylation sites (N-methyl/N-ethyl adjacent to an activating group) is 1. The molecule has 4 aromatic rings. The van der Waals surface area contributed by atoms with Gasteiger partial charge in [-0.15, -0.1) is 0 Å². The van der Waals surface area contributed by atoms with Gasteiger partial charge in [-0.1, -0.05) is 0 Å². The van der Waals surface area contributed by atoms with Gasteiger partial charge in [-0.25, -0.2) is 9.97 Å². The van der Waals surface area contributed by atoms with Crippen LogP contribution in [0, 0.1) is 6.92 Å². The monoisotopic (exact) mass is 359 g/mol. The lowest BCUT2D eigenvalue weighted by Crippen LogP contribution is -2.44. The van der Waals surface area contributed by atoms with Crippen molar-refractivity contribution in [3.05, 3.63) is 48.5 Å². The lowest BCUT2D eigenvalue weighted by Gasteiger charge is -2.33. The van der Waals surface area contributed by atoms with E-state index < -0.39 is 0 Å². The van der Waals surface area contributed by atoms with E-state index in [-0.39, 0.29) is 0 Å². The van der Waals surface area contributed by atoms with Crippen molar-refractivity contribution < 1.29 is 4.42 Å². The van der Waals surface area contributed by atoms with E-state index in [1.165, 1.54) is 0 Å². The van der Waals surface area contributed by atoms with Crippen LogP contribution >= 0.6 is 0 Å². The van der Waals surface area contributed by atoms with E-state index in [0.29, 0.717) is 5.89 Å². The summed E-state index contributed by atoms with van der Waals surface area (Å²) in [5.74, 6) is 0.676. The highest BCUT2D eigenvalue weighted by atomic mass is 16.3. The smallest absolute Gasteiger partial charge is 0.192 e. The summed E-state index contributed by atoms with van der Waals surface area (Å²) in [4.78, 5) is 18.6. The maximum Gasteiger partial charge on any atom is 0.192 e. The molecule has 0 aliphatic carbocycles. The van der Waals surface area contributed by atoms with Gasteiger partial charge in [-0.2, -0.15) is 0 Å². The number of nitrogens with zero attached hydrogens (tertiary/aromatic N) is 5. The zero-order chi connectivity index (χ0) is 18.4. The molecule has 1 aliphatic heterocycles. The predicted molar refractivity (Wildman–Crippen MR) is 107 cm³/mol. The molecule has 6 heteroatoms. The first-order chi connectivity index (χ1) is 13.2. The fraction of sp³-hybridized carbons (Fsp3) is 0.286. The molecule has 0 bridgehead atoms. The van der Waals surface area contributed by atoms with Crippen LogP contribution in [-0.2, 0) is 0 Å². The average molecular weight is 359 g/mol. The van der Waals surface area contributed by atoms with Crippen LogP contribution in [0.4, 0.5) is 5.69 Å². The highest BCUT2D eigenvalue weighted by Gasteiger charge is 2.15. The molecule has 1 fully saturated rings. The summed E-state index contributed by atoms with van der Waals surface area (Å²) in [5, 5.41) is 0. The first kappa shape index (κ1) is 16.2. The molecule has 5 rings (SSSR count). The summed E-state index contributed by atoms with van der Waals surface area (Å²) >= 11 is 0. The first-order valence-electron chi connectivity index (χ1n) is 9.23. The number of rotatable bonds is 2. The maximum atomic E-state index is 5.57. The van der Waals surface area contributed by atoms with Gasteiger partial charge in [0, 0.05) is 38.7 Å². The van der Waals surface area contributed by atoms with Crippen LogP contribution in [0.2, 0.25) is 0 Å². The van der Waals surface area contributed by atoms with Crippen molar-refractivity contribution in [1.82, 2.24) is 19.9 Å². The summed E-state index contributed by atoms with van der Waals surface area (Å²) in [6.07, 6.45) is 1.96. The average Bonchev–Trinajstić information content (AvgIpc) is 3.07. The van der Waals surface area contributed by atoms with E-state index in [2.05, 4.69) is 32.9 Å². The van der Waals surface area contributed by atoms with Crippen LogP contribution in [-0.4, -0.2) is 53.1 Å². The SMILES string of the molecule is Cc1nc2cc(-c3ccc4ncc(N5CCN(C)CC5)cc4n3)ccc2o1. The van der Waals surface area contributed by atoms with Gasteiger partial charge in [-0.3, -0.25) is 4.98 Å². The zero-order valence-corrected chi connectivity index (χ0v) is 15.5. The Morgan fingerprint density at radius 2 is 1.74 bits per heavy atom. The molecule has 27 heavy (non-hydrogen) atoms. The standard InChI is InChI=1S/C21H21N5O/c1-14-23-20-11-15(3-6-21(20)27-14)17-4-5-18-19(24-17)12-16(13-22-18)26-9-7-25(2)8-10-26/h3-6,11-13H,7-10H2,1-2H3. The fourth-order valence-corrected chi connectivity index (χ4v) is 3.60. The molecule has 1 aliphatic rings. The molecule has 0 radical (unpaired) electrons. The third-order valence-corrected chi connectivity index (χ3v) is 5.18. The number of hydrogen-bond acceptors (Lipinski definition) is 6. The zero-order valence-electron chi connectivity index (χ0n) is 15.5. The van der Waals surface area contributed by atoms with Crippen molar-refractivity contribution in [3.8, 4) is 11.3 Å². The van der Waals surface area contributed by atoms with Gasteiger partial charge < -0.3 is 14.2 Å². The number of oxazole rings is 1. The Morgan fingerprint density at radius 1 is 0.889 bits per heavy atom. The number of fused-ring (bicyclic) bond motifs is 2. The van der Waals surface area contributed by atoms with E-state index in [1.54, 1.807) is 0 Å². The highest BCUT2D eigenvalue weighted by molar-refractivity contribution is 5.84. The third kappa shape index (κ3) is 3.02. The van der Waals surface area contributed by atoms with E-state index in [9.17, 15) is 0 Å². The Bertz CT molecular complexity index is 1130. The molecule has 0 unspecified atom stereocenters. The summed E-state index contributed by atoms with van der Waals surface area (Å²) < 4.78 is 5.57. The molecule has 136 valence electrons. The van der Waals surface area contributed by atoms with E-state index in [1.807, 2.05) is 43.5 Å². The highest BCUT2D eigenvalue weighted by Crippen LogP contribution is 2.26. The van der Waals surface area contributed by atoms with Crippen molar-refractivity contribution in [2.75, 3.05) is 38.1 Å². The molecule has 1 aromatic carbocycles. The van der Waals surface area contributed by atoms with Crippen molar-refractivity contribution in [3.63, 3.8) is 0 Å². The van der Waals surface area contributed by atoms with Gasteiger partial charge in [0.1, 0.15) is 5.52 Å². The number of aromatic nitrogens is 3. The van der Waals surface area contributed by atoms with Crippen LogP contribution in [0.3, 0.4) is 0 Å². The Balaban J connectivity index is 1.52. The summed E-state index contributed by atoms with van der Waals surface area (Å²) in [5.41, 5.74) is 6.58. The van der Waals surface area contributed by atoms with Gasteiger partial charge in [-0.05, 0) is 43.4 Å². The van der Waals surface area contributed by atoms with Gasteiger partial charge in [0.25, 0.3) is 0 Å². The van der Waals surface area contributed by atoms with Crippen LogP contribution < -0.4 is 4.90 Å². The van der Waals surface area contributed by atoms with Crippen LogP contribution in [0.5, 0.6) is 0 Å². The largest absolute Gasteiger partial charge is 0.441 e. The van der Waals surface area contributed by atoms with Crippen molar-refractivity contribution in [2.24, 2.45) is 0 Å². The van der Waals surface area contributed by atoms with Gasteiger partial charge in [0.15, 0.2) is 11.5 Å². The van der Waals surface area contributed by atoms with Crippen molar-refractivity contribution in [1.29, 1.82) is 0 Å². The molecule has 0 atom stereocenters. The number of aryl methyl sites for hydroxylation is 1. The number of hydrogen-bond donors (Lipinski definition) is 0. The number of anilines is 1. The molecular weight excluding hydrogens is 338 g/mol. The fourth-order valence-electron chi connectivity index (χ4n) is 3.60. The van der Waals surface area contributed by atoms with Crippen LogP contribution in [0.15, 0.2) is 47.0 Å². The second-order valence-corrected chi connectivity index (χ2v) is 7.13. The summed E-state index contributed by atoms with van der Waals surface area (Å²) in [6, 6.07) is 12.2. The molecule has 0 N–H and O–H groups in total. The maximum absolute atomic E-state index is 5.57. The molecule has 0 spiro atoms. The number of piperazine rings is 1. The molecule has 6 nitrogen and oxygen atoms in total. The summed E-state index contributed by atoms with van der Waals surface area (Å²) in [7, 11) is 2.16. The van der Waals surface area contributed by atoms with Crippen molar-refractivity contribution in [2.45, 2.75) is 6.92 Å². The van der Waals surface area contributed by atoms with E-state index in [0.717, 1.165) is 65.3 Å². The molecule has 4 heterocycles. The Kier molecular flexibility index (Phi) is 3.79. The Labute approximate surface area is 157 Å². The van der Waals surface area contributed by atoms with Gasteiger partial charge >= 0.3 is 0 Å². The van der Waals surface area contributed by atoms with E-state index >= 15 is 0 Å². The number of benzene rings is 1. The minimum atomic E-state index is 0.676. The minimum Gasteiger partial charge on any atom is -0.441 e. The lowest BCUT2D eigenvalue weighted by molar-refractivity contribution is 0.313. The minimum absolute atomic E-state index is 0.676. The normalized spacial score (nSPS) is 15.7.